The van der Waals surface area contributed by atoms with Crippen LogP contribution in [0, 0.1) is 0 Å². The molecule has 1 heterocycles. The summed E-state index contributed by atoms with van der Waals surface area (Å²) >= 11 is 11.7. The second kappa shape index (κ2) is 6.87. The minimum Gasteiger partial charge on any atom is -0.331 e. The van der Waals surface area contributed by atoms with E-state index in [-0.39, 0.29) is 22.8 Å². The molecule has 21 heavy (non-hydrogen) atoms. The summed E-state index contributed by atoms with van der Waals surface area (Å²) in [6.45, 7) is 4.36. The predicted molar refractivity (Wildman–Crippen MR) is 83.5 cm³/mol. The largest absolute Gasteiger partial charge is 0.331 e. The lowest BCUT2D eigenvalue weighted by atomic mass is 10.1. The average molecular weight is 324 g/mol. The van der Waals surface area contributed by atoms with E-state index >= 15 is 0 Å². The first-order valence-electron chi connectivity index (χ1n) is 6.50. The molecule has 1 amide bonds. The van der Waals surface area contributed by atoms with Crippen LogP contribution in [0.1, 0.15) is 29.9 Å². The molecule has 0 bridgehead atoms. The van der Waals surface area contributed by atoms with Crippen LogP contribution in [0.15, 0.2) is 36.7 Å². The molecule has 110 valence electrons. The van der Waals surface area contributed by atoms with Gasteiger partial charge in [0.05, 0.1) is 12.4 Å². The van der Waals surface area contributed by atoms with Crippen LogP contribution in [0.3, 0.4) is 0 Å². The van der Waals surface area contributed by atoms with Gasteiger partial charge in [-0.05, 0) is 31.5 Å². The average Bonchev–Trinajstić information content (AvgIpc) is 2.44. The normalized spacial score (nSPS) is 10.7. The molecule has 0 fully saturated rings. The van der Waals surface area contributed by atoms with Gasteiger partial charge in [-0.15, -0.1) is 0 Å². The Morgan fingerprint density at radius 1 is 1.24 bits per heavy atom. The van der Waals surface area contributed by atoms with E-state index in [0.29, 0.717) is 11.6 Å². The monoisotopic (exact) mass is 323 g/mol. The Labute approximate surface area is 133 Å². The van der Waals surface area contributed by atoms with Gasteiger partial charge in [-0.3, -0.25) is 4.79 Å². The molecule has 1 aromatic heterocycles. The Morgan fingerprint density at radius 2 is 2.00 bits per heavy atom. The van der Waals surface area contributed by atoms with Crippen LogP contribution in [0.5, 0.6) is 0 Å². The van der Waals surface area contributed by atoms with Crippen molar-refractivity contribution >= 4 is 29.1 Å². The highest BCUT2D eigenvalue weighted by molar-refractivity contribution is 6.30. The topological polar surface area (TPSA) is 46.1 Å². The van der Waals surface area contributed by atoms with Gasteiger partial charge in [0.15, 0.2) is 0 Å². The molecule has 0 atom stereocenters. The number of carbonyl (C=O) groups is 1. The molecule has 0 aliphatic heterocycles. The summed E-state index contributed by atoms with van der Waals surface area (Å²) in [4.78, 5) is 22.2. The Morgan fingerprint density at radius 3 is 2.57 bits per heavy atom. The van der Waals surface area contributed by atoms with Gasteiger partial charge < -0.3 is 4.90 Å². The summed E-state index contributed by atoms with van der Waals surface area (Å²) in [5.41, 5.74) is 1.24. The Kier molecular flexibility index (Phi) is 5.15. The molecular weight excluding hydrogens is 309 g/mol. The third-order valence-electron chi connectivity index (χ3n) is 2.97. The van der Waals surface area contributed by atoms with E-state index in [9.17, 15) is 4.79 Å². The van der Waals surface area contributed by atoms with Crippen LogP contribution >= 0.6 is 23.2 Å². The van der Waals surface area contributed by atoms with Gasteiger partial charge in [0.25, 0.3) is 5.91 Å². The zero-order valence-electron chi connectivity index (χ0n) is 11.8. The van der Waals surface area contributed by atoms with Crippen LogP contribution in [0.25, 0.3) is 0 Å². The molecule has 2 aromatic rings. The number of nitrogens with zero attached hydrogens (tertiary/aromatic N) is 3. The van der Waals surface area contributed by atoms with Gasteiger partial charge in [0.2, 0.25) is 0 Å². The molecule has 0 spiro atoms. The Hall–Kier alpha value is -1.65. The minimum absolute atomic E-state index is 0.0222. The highest BCUT2D eigenvalue weighted by atomic mass is 35.5. The number of benzene rings is 1. The standard InChI is InChI=1S/C15H15Cl2N3O/c1-10(2)20(9-11-4-3-5-12(16)6-11)15(21)13-7-19-14(17)8-18-13/h3-8,10H,9H2,1-2H3. The molecule has 2 rings (SSSR count). The lowest BCUT2D eigenvalue weighted by Gasteiger charge is -2.26. The molecule has 0 N–H and O–H groups in total. The summed E-state index contributed by atoms with van der Waals surface area (Å²) < 4.78 is 0. The molecule has 0 radical (unpaired) electrons. The summed E-state index contributed by atoms with van der Waals surface area (Å²) in [5.74, 6) is -0.186. The van der Waals surface area contributed by atoms with Crippen molar-refractivity contribution < 1.29 is 4.79 Å². The van der Waals surface area contributed by atoms with E-state index in [0.717, 1.165) is 5.56 Å². The third-order valence-corrected chi connectivity index (χ3v) is 3.40. The summed E-state index contributed by atoms with van der Waals surface area (Å²) in [5, 5.41) is 0.910. The van der Waals surface area contributed by atoms with Gasteiger partial charge in [-0.2, -0.15) is 0 Å². The molecule has 4 nitrogen and oxygen atoms in total. The number of amides is 1. The fraction of sp³-hybridized carbons (Fsp3) is 0.267. The van der Waals surface area contributed by atoms with Crippen molar-refractivity contribution in [1.29, 1.82) is 0 Å². The van der Waals surface area contributed by atoms with E-state index in [1.807, 2.05) is 32.0 Å². The molecule has 0 saturated carbocycles. The van der Waals surface area contributed by atoms with Crippen molar-refractivity contribution in [2.75, 3.05) is 0 Å². The van der Waals surface area contributed by atoms with Gasteiger partial charge in [0, 0.05) is 17.6 Å². The van der Waals surface area contributed by atoms with Crippen molar-refractivity contribution in [3.8, 4) is 0 Å². The van der Waals surface area contributed by atoms with E-state index < -0.39 is 0 Å². The van der Waals surface area contributed by atoms with Crippen molar-refractivity contribution in [2.45, 2.75) is 26.4 Å². The number of carbonyl (C=O) groups excluding carboxylic acids is 1. The quantitative estimate of drug-likeness (QED) is 0.858. The Balaban J connectivity index is 2.22. The van der Waals surface area contributed by atoms with Gasteiger partial charge in [-0.25, -0.2) is 9.97 Å². The zero-order chi connectivity index (χ0) is 15.4. The highest BCUT2D eigenvalue weighted by Gasteiger charge is 2.20. The van der Waals surface area contributed by atoms with Gasteiger partial charge >= 0.3 is 0 Å². The third kappa shape index (κ3) is 4.16. The number of hydrogen-bond donors (Lipinski definition) is 0. The van der Waals surface area contributed by atoms with Crippen LogP contribution < -0.4 is 0 Å². The zero-order valence-corrected chi connectivity index (χ0v) is 13.3. The number of rotatable bonds is 4. The van der Waals surface area contributed by atoms with Gasteiger partial charge in [-0.1, -0.05) is 35.3 Å². The number of halogens is 2. The Bertz CT molecular complexity index is 629. The maximum absolute atomic E-state index is 12.5. The molecular formula is C15H15Cl2N3O. The van der Waals surface area contributed by atoms with Crippen LogP contribution in [0.4, 0.5) is 0 Å². The predicted octanol–water partition coefficient (Wildman–Crippen LogP) is 3.83. The highest BCUT2D eigenvalue weighted by Crippen LogP contribution is 2.16. The van der Waals surface area contributed by atoms with E-state index in [1.165, 1.54) is 12.4 Å². The molecule has 0 unspecified atom stereocenters. The minimum atomic E-state index is -0.186. The molecule has 6 heteroatoms. The second-order valence-electron chi connectivity index (χ2n) is 4.88. The maximum atomic E-state index is 12.5. The van der Waals surface area contributed by atoms with E-state index in [4.69, 9.17) is 23.2 Å². The maximum Gasteiger partial charge on any atom is 0.274 e. The van der Waals surface area contributed by atoms with Gasteiger partial charge in [0.1, 0.15) is 10.8 Å². The number of aromatic nitrogens is 2. The van der Waals surface area contributed by atoms with Crippen molar-refractivity contribution in [1.82, 2.24) is 14.9 Å². The molecule has 1 aromatic carbocycles. The lowest BCUT2D eigenvalue weighted by molar-refractivity contribution is 0.0684. The number of hydrogen-bond acceptors (Lipinski definition) is 3. The smallest absolute Gasteiger partial charge is 0.274 e. The first kappa shape index (κ1) is 15.7. The molecule has 0 aliphatic carbocycles. The first-order valence-corrected chi connectivity index (χ1v) is 7.26. The van der Waals surface area contributed by atoms with E-state index in [1.54, 1.807) is 11.0 Å². The summed E-state index contributed by atoms with van der Waals surface area (Å²) in [7, 11) is 0. The van der Waals surface area contributed by atoms with Crippen LogP contribution in [-0.4, -0.2) is 26.8 Å². The van der Waals surface area contributed by atoms with Crippen molar-refractivity contribution in [2.24, 2.45) is 0 Å². The lowest BCUT2D eigenvalue weighted by Crippen LogP contribution is -2.36. The van der Waals surface area contributed by atoms with Crippen LogP contribution in [-0.2, 0) is 6.54 Å². The van der Waals surface area contributed by atoms with Crippen molar-refractivity contribution in [3.05, 3.63) is 58.1 Å². The summed E-state index contributed by atoms with van der Waals surface area (Å²) in [6.07, 6.45) is 2.75. The fourth-order valence-electron chi connectivity index (χ4n) is 1.89. The first-order chi connectivity index (χ1) is 9.97. The van der Waals surface area contributed by atoms with Crippen LogP contribution in [0.2, 0.25) is 10.2 Å². The second-order valence-corrected chi connectivity index (χ2v) is 5.70. The van der Waals surface area contributed by atoms with Crippen molar-refractivity contribution in [3.63, 3.8) is 0 Å². The molecule has 0 saturated heterocycles. The van der Waals surface area contributed by atoms with E-state index in [2.05, 4.69) is 9.97 Å². The SMILES string of the molecule is CC(C)N(Cc1cccc(Cl)c1)C(=O)c1cnc(Cl)cn1. The summed E-state index contributed by atoms with van der Waals surface area (Å²) in [6, 6.07) is 7.47. The fourth-order valence-corrected chi connectivity index (χ4v) is 2.20. The molecule has 0 aliphatic rings.